The van der Waals surface area contributed by atoms with E-state index in [-0.39, 0.29) is 65.2 Å². The third-order valence-electron chi connectivity index (χ3n) is 17.4. The van der Waals surface area contributed by atoms with Gasteiger partial charge in [0.05, 0.1) is 18.2 Å². The topological polar surface area (TPSA) is 96.3 Å². The smallest absolute Gasteiger partial charge is 0.446 e. The van der Waals surface area contributed by atoms with E-state index in [0.717, 1.165) is 82.6 Å². The number of allylic oxidation sites excluding steroid dienone is 4. The van der Waals surface area contributed by atoms with E-state index in [1.165, 1.54) is 24.3 Å². The van der Waals surface area contributed by atoms with Crippen LogP contribution in [0.2, 0.25) is 0 Å². The Hall–Kier alpha value is -2.85. The van der Waals surface area contributed by atoms with Crippen LogP contribution in [0.15, 0.2) is 48.1 Å². The summed E-state index contributed by atoms with van der Waals surface area (Å²) in [5, 5.41) is 24.3. The van der Waals surface area contributed by atoms with Gasteiger partial charge in [-0.25, -0.2) is 4.79 Å². The second-order valence-electron chi connectivity index (χ2n) is 20.8. The van der Waals surface area contributed by atoms with E-state index >= 15 is 0 Å². The summed E-state index contributed by atoms with van der Waals surface area (Å²) in [6.45, 7) is 11.1. The molecule has 320 valence electrons. The van der Waals surface area contributed by atoms with Crippen molar-refractivity contribution in [1.29, 1.82) is 0 Å². The van der Waals surface area contributed by atoms with Crippen LogP contribution < -0.4 is 4.74 Å². The number of rotatable bonds is 9. The van der Waals surface area contributed by atoms with E-state index in [4.69, 9.17) is 4.74 Å². The zero-order valence-corrected chi connectivity index (χ0v) is 35.3. The molecule has 0 aliphatic heterocycles. The fourth-order valence-corrected chi connectivity index (χ4v) is 14.2. The fourth-order valence-electron chi connectivity index (χ4n) is 14.2. The first-order chi connectivity index (χ1) is 27.3. The summed E-state index contributed by atoms with van der Waals surface area (Å²) in [6.07, 6.45) is 13.7. The minimum atomic E-state index is -4.82. The lowest BCUT2D eigenvalue weighted by molar-refractivity contribution is -0.274. The summed E-state index contributed by atoms with van der Waals surface area (Å²) in [4.78, 5) is 31.1. The van der Waals surface area contributed by atoms with Crippen LogP contribution in [-0.4, -0.2) is 57.7 Å². The van der Waals surface area contributed by atoms with Gasteiger partial charge in [0.25, 0.3) is 0 Å². The van der Waals surface area contributed by atoms with E-state index in [1.807, 2.05) is 0 Å². The third-order valence-corrected chi connectivity index (χ3v) is 17.4. The van der Waals surface area contributed by atoms with E-state index in [1.54, 1.807) is 4.90 Å². The average Bonchev–Trinajstić information content (AvgIpc) is 3.44. The number of hydrogen-bond donors (Lipinski definition) is 2. The molecule has 5 fully saturated rings. The predicted octanol–water partition coefficient (Wildman–Crippen LogP) is 10.7. The molecular weight excluding hydrogens is 744 g/mol. The second kappa shape index (κ2) is 15.0. The molecule has 0 radical (unpaired) electrons. The van der Waals surface area contributed by atoms with Gasteiger partial charge >= 0.3 is 12.5 Å². The summed E-state index contributed by atoms with van der Waals surface area (Å²) >= 11 is 0. The molecule has 2 N–H and O–H groups in total. The zero-order valence-electron chi connectivity index (χ0n) is 35.3. The normalized spacial score (nSPS) is 41.0. The Morgan fingerprint density at radius 3 is 2.26 bits per heavy atom. The van der Waals surface area contributed by atoms with Crippen LogP contribution in [0.5, 0.6) is 5.75 Å². The average molecular weight is 810 g/mol. The molecule has 2 bridgehead atoms. The van der Waals surface area contributed by atoms with Crippen LogP contribution in [0.4, 0.5) is 18.0 Å². The van der Waals surface area contributed by atoms with Crippen molar-refractivity contribution < 1.29 is 42.4 Å². The van der Waals surface area contributed by atoms with Gasteiger partial charge in [0.2, 0.25) is 0 Å². The van der Waals surface area contributed by atoms with Crippen molar-refractivity contribution in [2.75, 3.05) is 6.54 Å². The minimum absolute atomic E-state index is 0.00172. The highest BCUT2D eigenvalue weighted by molar-refractivity contribution is 6.00. The number of ether oxygens (including phenoxy) is 2. The highest BCUT2D eigenvalue weighted by Crippen LogP contribution is 2.78. The number of aliphatic hydroxyl groups is 2. The molecule has 1 amide bonds. The summed E-state index contributed by atoms with van der Waals surface area (Å²) in [6, 6.07) is 5.58. The van der Waals surface area contributed by atoms with E-state index in [9.17, 15) is 33.0 Å². The maximum Gasteiger partial charge on any atom is 0.573 e. The molecule has 8 aliphatic carbocycles. The molecule has 58 heavy (non-hydrogen) atoms. The number of halogens is 3. The number of amides is 1. The number of aliphatic hydroxyl groups excluding tert-OH is 1. The first-order valence-electron chi connectivity index (χ1n) is 22.5. The van der Waals surface area contributed by atoms with Gasteiger partial charge in [-0.15, -0.1) is 13.2 Å². The molecule has 11 unspecified atom stereocenters. The van der Waals surface area contributed by atoms with Crippen molar-refractivity contribution in [3.8, 4) is 5.75 Å². The molecule has 11 atom stereocenters. The molecule has 5 saturated carbocycles. The molecule has 10 heteroatoms. The van der Waals surface area contributed by atoms with Gasteiger partial charge in [-0.2, -0.15) is 0 Å². The standard InChI is InChI=1S/C48H66F3NO6/c1-30(2)36-16-11-31(3)25-38(36)57-42(55)52(28-32-12-14-35(15-13-32)58-48(49,50)51)29-46(56)22-19-40-44(46,5)21-18-39-43(4)20-17-34(53)26-45(43)23-24-47(39,40)37(27-45)41(54)33-9-7-6-8-10-33/h12-15,23-24,27,30-31,33-34,36,38-40,53,56H,6-11,16-22,25-26,28-29H2,1-5H3. The molecule has 0 aromatic heterocycles. The molecule has 7 nitrogen and oxygen atoms in total. The van der Waals surface area contributed by atoms with Crippen LogP contribution >= 0.6 is 0 Å². The van der Waals surface area contributed by atoms with Crippen molar-refractivity contribution in [2.24, 2.45) is 57.2 Å². The Morgan fingerprint density at radius 1 is 0.897 bits per heavy atom. The van der Waals surface area contributed by atoms with Gasteiger partial charge in [0, 0.05) is 34.3 Å². The monoisotopic (exact) mass is 809 g/mol. The van der Waals surface area contributed by atoms with E-state index in [0.29, 0.717) is 36.7 Å². The fraction of sp³-hybridized carbons (Fsp3) is 0.750. The van der Waals surface area contributed by atoms with Crippen LogP contribution in [0, 0.1) is 57.2 Å². The van der Waals surface area contributed by atoms with Crippen molar-refractivity contribution in [2.45, 2.75) is 162 Å². The Labute approximate surface area is 343 Å². The third kappa shape index (κ3) is 6.86. The van der Waals surface area contributed by atoms with Gasteiger partial charge in [-0.05, 0) is 123 Å². The lowest BCUT2D eigenvalue weighted by Gasteiger charge is -2.71. The number of carbonyl (C=O) groups excluding carboxylic acids is 2. The largest absolute Gasteiger partial charge is 0.573 e. The lowest BCUT2D eigenvalue weighted by atomic mass is 9.32. The molecule has 1 aromatic rings. The summed E-state index contributed by atoms with van der Waals surface area (Å²) in [5.41, 5.74) is -1.55. The molecule has 2 spiro atoms. The highest BCUT2D eigenvalue weighted by atomic mass is 19.4. The summed E-state index contributed by atoms with van der Waals surface area (Å²) in [7, 11) is 0. The molecule has 0 heterocycles. The van der Waals surface area contributed by atoms with E-state index in [2.05, 4.69) is 57.6 Å². The van der Waals surface area contributed by atoms with Crippen molar-refractivity contribution in [3.05, 3.63) is 53.6 Å². The molecule has 9 rings (SSSR count). The maximum absolute atomic E-state index is 15.0. The van der Waals surface area contributed by atoms with Crippen LogP contribution in [0.1, 0.15) is 136 Å². The number of fused-ring (bicyclic) bond motifs is 1. The quantitative estimate of drug-likeness (QED) is 0.241. The Bertz CT molecular complexity index is 1790. The van der Waals surface area contributed by atoms with Crippen LogP contribution in [-0.2, 0) is 16.1 Å². The Balaban J connectivity index is 1.14. The SMILES string of the molecule is CC1CCC(C(C)C)C(OC(=O)N(Cc2ccc(OC(F)(F)F)cc2)CC2(O)CCC3C45C=CC6(C=C4C(=O)C4CCCCC4)CC(O)CCC6(C)C5CCC32C)C1. The maximum atomic E-state index is 15.0. The molecular formula is C48H66F3NO6. The highest BCUT2D eigenvalue weighted by Gasteiger charge is 2.74. The number of Topliss-reactive ketones (excluding diaryl/α,β-unsaturated/α-hetero) is 1. The first kappa shape index (κ1) is 41.9. The molecule has 8 aliphatic rings. The molecule has 1 aromatic carbocycles. The van der Waals surface area contributed by atoms with Crippen LogP contribution in [0.3, 0.4) is 0 Å². The van der Waals surface area contributed by atoms with Gasteiger partial charge in [-0.1, -0.05) is 90.7 Å². The second-order valence-corrected chi connectivity index (χ2v) is 20.8. The van der Waals surface area contributed by atoms with Gasteiger partial charge in [-0.3, -0.25) is 4.79 Å². The zero-order chi connectivity index (χ0) is 41.5. The van der Waals surface area contributed by atoms with Crippen molar-refractivity contribution in [1.82, 2.24) is 4.90 Å². The number of carbonyl (C=O) groups is 2. The Kier molecular flexibility index (Phi) is 10.8. The summed E-state index contributed by atoms with van der Waals surface area (Å²) < 4.78 is 49.6. The number of hydrogen-bond acceptors (Lipinski definition) is 6. The molecule has 0 saturated heterocycles. The van der Waals surface area contributed by atoms with Crippen molar-refractivity contribution >= 4 is 11.9 Å². The number of benzene rings is 1. The van der Waals surface area contributed by atoms with Crippen LogP contribution in [0.25, 0.3) is 0 Å². The summed E-state index contributed by atoms with van der Waals surface area (Å²) in [5.74, 6) is 0.971. The number of nitrogens with zero attached hydrogens (tertiary/aromatic N) is 1. The predicted molar refractivity (Wildman–Crippen MR) is 215 cm³/mol. The van der Waals surface area contributed by atoms with Gasteiger partial charge in [0.15, 0.2) is 5.78 Å². The number of alkyl halides is 3. The van der Waals surface area contributed by atoms with Gasteiger partial charge < -0.3 is 24.6 Å². The lowest BCUT2D eigenvalue weighted by Crippen LogP contribution is -2.67. The number of ketones is 1. The minimum Gasteiger partial charge on any atom is -0.446 e. The Morgan fingerprint density at radius 2 is 1.57 bits per heavy atom. The van der Waals surface area contributed by atoms with E-state index < -0.39 is 35.0 Å². The first-order valence-corrected chi connectivity index (χ1v) is 22.5. The van der Waals surface area contributed by atoms with Gasteiger partial charge in [0.1, 0.15) is 11.9 Å². The van der Waals surface area contributed by atoms with Crippen molar-refractivity contribution in [3.63, 3.8) is 0 Å².